The normalized spacial score (nSPS) is 10.9. The molecule has 1 aromatic carbocycles. The first-order valence-electron chi connectivity index (χ1n) is 5.48. The highest BCUT2D eigenvalue weighted by molar-refractivity contribution is 7.17. The van der Waals surface area contributed by atoms with Crippen molar-refractivity contribution in [3.8, 4) is 11.3 Å². The Bertz CT molecular complexity index is 666. The summed E-state index contributed by atoms with van der Waals surface area (Å²) in [6, 6.07) is 10.5. The van der Waals surface area contributed by atoms with Crippen LogP contribution >= 0.6 is 11.3 Å². The highest BCUT2D eigenvalue weighted by Gasteiger charge is 2.11. The molecule has 0 aliphatic carbocycles. The molecule has 0 unspecified atom stereocenters. The molecule has 0 atom stereocenters. The summed E-state index contributed by atoms with van der Waals surface area (Å²) < 4.78 is 3.23. The smallest absolute Gasteiger partial charge is 0.148 e. The van der Waals surface area contributed by atoms with Gasteiger partial charge >= 0.3 is 0 Å². The maximum absolute atomic E-state index is 4.40. The fraction of sp³-hybridized carbons (Fsp3) is 0.154. The molecule has 17 heavy (non-hydrogen) atoms. The van der Waals surface area contributed by atoms with Crippen molar-refractivity contribution < 1.29 is 0 Å². The number of anilines is 1. The second-order valence-corrected chi connectivity index (χ2v) is 4.85. The molecule has 3 rings (SSSR count). The van der Waals surface area contributed by atoms with Gasteiger partial charge in [-0.15, -0.1) is 11.3 Å². The summed E-state index contributed by atoms with van der Waals surface area (Å²) in [5, 5.41) is 11.0. The number of fused-ring (bicyclic) bond motifs is 1. The number of hydrogen-bond acceptors (Lipinski definition) is 3. The molecule has 1 N–H and O–H groups in total. The fourth-order valence-electron chi connectivity index (χ4n) is 2.02. The molecule has 4 heteroatoms. The topological polar surface area (TPSA) is 29.9 Å². The van der Waals surface area contributed by atoms with E-state index >= 15 is 0 Å². The predicted octanol–water partition coefficient (Wildman–Crippen LogP) is 3.34. The van der Waals surface area contributed by atoms with Crippen molar-refractivity contribution in [2.24, 2.45) is 7.05 Å². The first kappa shape index (κ1) is 10.4. The van der Waals surface area contributed by atoms with Gasteiger partial charge < -0.3 is 5.32 Å². The van der Waals surface area contributed by atoms with E-state index in [1.54, 1.807) is 11.3 Å². The fourth-order valence-corrected chi connectivity index (χ4v) is 2.97. The number of benzene rings is 1. The third-order valence-electron chi connectivity index (χ3n) is 2.89. The van der Waals surface area contributed by atoms with Crippen LogP contribution in [0.1, 0.15) is 0 Å². The number of nitrogens with zero attached hydrogens (tertiary/aromatic N) is 2. The van der Waals surface area contributed by atoms with Crippen LogP contribution in [-0.2, 0) is 7.05 Å². The van der Waals surface area contributed by atoms with Gasteiger partial charge in [0.05, 0.1) is 5.69 Å². The molecule has 0 saturated carbocycles. The Morgan fingerprint density at radius 1 is 1.29 bits per heavy atom. The van der Waals surface area contributed by atoms with E-state index in [1.807, 2.05) is 18.8 Å². The van der Waals surface area contributed by atoms with E-state index in [-0.39, 0.29) is 0 Å². The Labute approximate surface area is 104 Å². The van der Waals surface area contributed by atoms with Gasteiger partial charge in [0.1, 0.15) is 5.82 Å². The summed E-state index contributed by atoms with van der Waals surface area (Å²) in [6.07, 6.45) is 0. The Balaban J connectivity index is 2.23. The standard InChI is InChI=1S/C13H13N3S/c1-14-13-7-11(16(2)15-13)10-8-17-12-6-4-3-5-9(10)12/h3-8H,1-2H3,(H,14,15). The van der Waals surface area contributed by atoms with E-state index in [4.69, 9.17) is 0 Å². The monoisotopic (exact) mass is 243 g/mol. The minimum Gasteiger partial charge on any atom is -0.372 e. The number of nitrogens with one attached hydrogen (secondary N) is 1. The van der Waals surface area contributed by atoms with Crippen LogP contribution in [0.25, 0.3) is 21.3 Å². The van der Waals surface area contributed by atoms with E-state index in [0.29, 0.717) is 0 Å². The predicted molar refractivity (Wildman–Crippen MR) is 73.6 cm³/mol. The molecule has 0 spiro atoms. The lowest BCUT2D eigenvalue weighted by atomic mass is 10.1. The molecule has 3 aromatic rings. The van der Waals surface area contributed by atoms with E-state index in [2.05, 4.69) is 46.1 Å². The summed E-state index contributed by atoms with van der Waals surface area (Å²) >= 11 is 1.77. The van der Waals surface area contributed by atoms with E-state index < -0.39 is 0 Å². The molecular weight excluding hydrogens is 230 g/mol. The van der Waals surface area contributed by atoms with Gasteiger partial charge in [-0.3, -0.25) is 4.68 Å². The quantitative estimate of drug-likeness (QED) is 0.748. The number of rotatable bonds is 2. The van der Waals surface area contributed by atoms with Crippen LogP contribution in [0.2, 0.25) is 0 Å². The van der Waals surface area contributed by atoms with Gasteiger partial charge in [-0.1, -0.05) is 18.2 Å². The molecule has 0 aliphatic heterocycles. The van der Waals surface area contributed by atoms with Crippen molar-refractivity contribution in [2.45, 2.75) is 0 Å². The molecule has 0 fully saturated rings. The molecule has 2 aromatic heterocycles. The van der Waals surface area contributed by atoms with E-state index in [1.165, 1.54) is 15.6 Å². The second-order valence-electron chi connectivity index (χ2n) is 3.93. The van der Waals surface area contributed by atoms with Gasteiger partial charge in [0.25, 0.3) is 0 Å². The summed E-state index contributed by atoms with van der Waals surface area (Å²) in [6.45, 7) is 0. The van der Waals surface area contributed by atoms with Gasteiger partial charge in [0, 0.05) is 41.2 Å². The maximum Gasteiger partial charge on any atom is 0.148 e. The molecule has 3 nitrogen and oxygen atoms in total. The summed E-state index contributed by atoms with van der Waals surface area (Å²) in [5.74, 6) is 0.901. The lowest BCUT2D eigenvalue weighted by Crippen LogP contribution is -1.94. The molecule has 86 valence electrons. The van der Waals surface area contributed by atoms with Crippen molar-refractivity contribution in [3.05, 3.63) is 35.7 Å². The van der Waals surface area contributed by atoms with Gasteiger partial charge in [-0.2, -0.15) is 5.10 Å². The molecule has 0 aliphatic rings. The molecule has 0 radical (unpaired) electrons. The van der Waals surface area contributed by atoms with Crippen LogP contribution in [-0.4, -0.2) is 16.8 Å². The van der Waals surface area contributed by atoms with Crippen LogP contribution in [0.5, 0.6) is 0 Å². The highest BCUT2D eigenvalue weighted by Crippen LogP contribution is 2.34. The van der Waals surface area contributed by atoms with Crippen molar-refractivity contribution in [3.63, 3.8) is 0 Å². The summed E-state index contributed by atoms with van der Waals surface area (Å²) in [4.78, 5) is 0. The van der Waals surface area contributed by atoms with Gasteiger partial charge in [0.2, 0.25) is 0 Å². The van der Waals surface area contributed by atoms with Gasteiger partial charge in [-0.25, -0.2) is 0 Å². The van der Waals surface area contributed by atoms with Crippen molar-refractivity contribution in [2.75, 3.05) is 12.4 Å². The third-order valence-corrected chi connectivity index (χ3v) is 3.86. The van der Waals surface area contributed by atoms with Gasteiger partial charge in [-0.05, 0) is 6.07 Å². The van der Waals surface area contributed by atoms with Crippen molar-refractivity contribution in [1.29, 1.82) is 0 Å². The minimum atomic E-state index is 0.901. The first-order valence-corrected chi connectivity index (χ1v) is 6.36. The Morgan fingerprint density at radius 3 is 2.88 bits per heavy atom. The average Bonchev–Trinajstić information content (AvgIpc) is 2.92. The maximum atomic E-state index is 4.40. The lowest BCUT2D eigenvalue weighted by Gasteiger charge is -1.99. The Morgan fingerprint density at radius 2 is 2.12 bits per heavy atom. The van der Waals surface area contributed by atoms with Crippen LogP contribution in [0, 0.1) is 0 Å². The number of hydrogen-bond donors (Lipinski definition) is 1. The largest absolute Gasteiger partial charge is 0.372 e. The van der Waals surface area contributed by atoms with Crippen LogP contribution in [0.3, 0.4) is 0 Å². The molecule has 2 heterocycles. The zero-order valence-corrected chi connectivity index (χ0v) is 10.6. The van der Waals surface area contributed by atoms with E-state index in [9.17, 15) is 0 Å². The van der Waals surface area contributed by atoms with E-state index in [0.717, 1.165) is 11.5 Å². The molecule has 0 bridgehead atoms. The third kappa shape index (κ3) is 1.61. The number of aromatic nitrogens is 2. The molecule has 0 saturated heterocycles. The van der Waals surface area contributed by atoms with Crippen molar-refractivity contribution >= 4 is 27.2 Å². The highest BCUT2D eigenvalue weighted by atomic mass is 32.1. The number of aryl methyl sites for hydroxylation is 1. The summed E-state index contributed by atoms with van der Waals surface area (Å²) in [5.41, 5.74) is 2.40. The van der Waals surface area contributed by atoms with Crippen LogP contribution < -0.4 is 5.32 Å². The van der Waals surface area contributed by atoms with Crippen molar-refractivity contribution in [1.82, 2.24) is 9.78 Å². The summed E-state index contributed by atoms with van der Waals surface area (Å²) in [7, 11) is 3.86. The number of thiophene rings is 1. The van der Waals surface area contributed by atoms with Crippen LogP contribution in [0.15, 0.2) is 35.7 Å². The molecule has 0 amide bonds. The van der Waals surface area contributed by atoms with Gasteiger partial charge in [0.15, 0.2) is 0 Å². The SMILES string of the molecule is CNc1cc(-c2csc3ccccc23)n(C)n1. The lowest BCUT2D eigenvalue weighted by molar-refractivity contribution is 0.779. The van der Waals surface area contributed by atoms with Crippen LogP contribution in [0.4, 0.5) is 5.82 Å². The minimum absolute atomic E-state index is 0.901. The molecular formula is C13H13N3S. The first-order chi connectivity index (χ1) is 8.29. The average molecular weight is 243 g/mol. The zero-order chi connectivity index (χ0) is 11.8. The zero-order valence-electron chi connectivity index (χ0n) is 9.77. The Kier molecular flexibility index (Phi) is 2.37. The second kappa shape index (κ2) is 3.89. The Hall–Kier alpha value is -1.81.